The van der Waals surface area contributed by atoms with Crippen molar-refractivity contribution in [3.8, 4) is 0 Å². The predicted molar refractivity (Wildman–Crippen MR) is 78.6 cm³/mol. The fraction of sp³-hybridized carbons (Fsp3) is 0.692. The van der Waals surface area contributed by atoms with Crippen molar-refractivity contribution in [1.82, 2.24) is 9.80 Å². The van der Waals surface area contributed by atoms with Crippen LogP contribution >= 0.6 is 15.9 Å². The minimum Gasteiger partial charge on any atom is -0.453 e. The largest absolute Gasteiger partial charge is 0.453 e. The minimum absolute atomic E-state index is 0.170. The van der Waals surface area contributed by atoms with Crippen LogP contribution in [0.4, 0.5) is 0 Å². The molecule has 1 heterocycles. The van der Waals surface area contributed by atoms with Crippen molar-refractivity contribution < 1.29 is 4.42 Å². The molecule has 5 heteroatoms. The van der Waals surface area contributed by atoms with Gasteiger partial charge in [-0.2, -0.15) is 0 Å². The van der Waals surface area contributed by atoms with Gasteiger partial charge in [0.15, 0.2) is 4.67 Å². The molecule has 4 nitrogen and oxygen atoms in total. The van der Waals surface area contributed by atoms with Crippen LogP contribution in [-0.4, -0.2) is 50.1 Å². The highest BCUT2D eigenvalue weighted by molar-refractivity contribution is 9.10. The first-order valence-electron chi connectivity index (χ1n) is 6.42. The molecule has 0 aliphatic heterocycles. The van der Waals surface area contributed by atoms with Gasteiger partial charge < -0.3 is 15.1 Å². The van der Waals surface area contributed by atoms with E-state index in [9.17, 15) is 0 Å². The minimum atomic E-state index is 0.170. The van der Waals surface area contributed by atoms with Crippen molar-refractivity contribution in [1.29, 1.82) is 0 Å². The Labute approximate surface area is 118 Å². The third kappa shape index (κ3) is 4.72. The molecular formula is C13H24BrN3O. The van der Waals surface area contributed by atoms with Crippen molar-refractivity contribution in [3.05, 3.63) is 22.6 Å². The van der Waals surface area contributed by atoms with Crippen molar-refractivity contribution in [2.45, 2.75) is 19.4 Å². The summed E-state index contributed by atoms with van der Waals surface area (Å²) < 4.78 is 6.40. The molecule has 1 aromatic heterocycles. The molecule has 0 bridgehead atoms. The number of furan rings is 1. The maximum absolute atomic E-state index is 5.89. The van der Waals surface area contributed by atoms with E-state index in [1.807, 2.05) is 12.1 Å². The van der Waals surface area contributed by atoms with E-state index in [1.54, 1.807) is 0 Å². The normalized spacial score (nSPS) is 13.5. The van der Waals surface area contributed by atoms with E-state index in [0.29, 0.717) is 6.54 Å². The molecule has 0 aliphatic rings. The Balaban J connectivity index is 2.60. The summed E-state index contributed by atoms with van der Waals surface area (Å²) in [5.74, 6) is 0.941. The molecule has 0 fully saturated rings. The van der Waals surface area contributed by atoms with Crippen LogP contribution in [-0.2, 0) is 0 Å². The molecular weight excluding hydrogens is 294 g/mol. The first kappa shape index (κ1) is 15.7. The van der Waals surface area contributed by atoms with Gasteiger partial charge in [0.1, 0.15) is 5.76 Å². The van der Waals surface area contributed by atoms with Gasteiger partial charge in [-0.15, -0.1) is 0 Å². The monoisotopic (exact) mass is 317 g/mol. The molecule has 0 saturated carbocycles. The third-order valence-electron chi connectivity index (χ3n) is 3.04. The molecule has 0 saturated heterocycles. The Kier molecular flexibility index (Phi) is 6.92. The summed E-state index contributed by atoms with van der Waals surface area (Å²) >= 11 is 3.34. The lowest BCUT2D eigenvalue weighted by atomic mass is 10.1. The van der Waals surface area contributed by atoms with Crippen LogP contribution in [0.3, 0.4) is 0 Å². The molecule has 18 heavy (non-hydrogen) atoms. The van der Waals surface area contributed by atoms with E-state index >= 15 is 0 Å². The second kappa shape index (κ2) is 7.94. The number of likely N-dealkylation sites (N-methyl/N-ethyl adjacent to an activating group) is 1. The summed E-state index contributed by atoms with van der Waals surface area (Å²) in [7, 11) is 4.20. The van der Waals surface area contributed by atoms with Gasteiger partial charge in [-0.1, -0.05) is 6.92 Å². The van der Waals surface area contributed by atoms with Gasteiger partial charge in [-0.3, -0.25) is 4.90 Å². The van der Waals surface area contributed by atoms with Gasteiger partial charge >= 0.3 is 0 Å². The molecule has 2 N–H and O–H groups in total. The molecule has 0 aromatic carbocycles. The Morgan fingerprint density at radius 1 is 1.33 bits per heavy atom. The van der Waals surface area contributed by atoms with Crippen LogP contribution in [0, 0.1) is 0 Å². The van der Waals surface area contributed by atoms with Crippen molar-refractivity contribution in [2.24, 2.45) is 5.73 Å². The Morgan fingerprint density at radius 3 is 2.50 bits per heavy atom. The second-order valence-corrected chi connectivity index (χ2v) is 5.46. The highest BCUT2D eigenvalue weighted by Gasteiger charge is 2.20. The van der Waals surface area contributed by atoms with Crippen LogP contribution in [0.2, 0.25) is 0 Å². The SMILES string of the molecule is CCN(CCCN(C)C)C(CN)c1ccc(Br)o1. The van der Waals surface area contributed by atoms with E-state index in [0.717, 1.165) is 36.5 Å². The predicted octanol–water partition coefficient (Wildman–Crippen LogP) is 2.32. The maximum atomic E-state index is 5.89. The standard InChI is InChI=1S/C13H24BrN3O/c1-4-17(9-5-8-16(2)3)11(10-15)12-6-7-13(14)18-12/h6-7,11H,4-5,8-10,15H2,1-3H3. The number of nitrogens with zero attached hydrogens (tertiary/aromatic N) is 2. The Morgan fingerprint density at radius 2 is 2.06 bits per heavy atom. The lowest BCUT2D eigenvalue weighted by molar-refractivity contribution is 0.179. The summed E-state index contributed by atoms with van der Waals surface area (Å²) in [5.41, 5.74) is 5.89. The van der Waals surface area contributed by atoms with Crippen molar-refractivity contribution >= 4 is 15.9 Å². The quantitative estimate of drug-likeness (QED) is 0.799. The number of hydrogen-bond acceptors (Lipinski definition) is 4. The highest BCUT2D eigenvalue weighted by atomic mass is 79.9. The van der Waals surface area contributed by atoms with E-state index in [2.05, 4.69) is 46.7 Å². The van der Waals surface area contributed by atoms with E-state index in [1.165, 1.54) is 0 Å². The number of rotatable bonds is 8. The molecule has 1 unspecified atom stereocenters. The van der Waals surface area contributed by atoms with Gasteiger partial charge in [0, 0.05) is 13.1 Å². The summed E-state index contributed by atoms with van der Waals surface area (Å²) in [5, 5.41) is 0. The zero-order valence-electron chi connectivity index (χ0n) is 11.5. The van der Waals surface area contributed by atoms with E-state index in [4.69, 9.17) is 10.2 Å². The number of halogens is 1. The van der Waals surface area contributed by atoms with Gasteiger partial charge in [0.2, 0.25) is 0 Å². The molecule has 1 aromatic rings. The highest BCUT2D eigenvalue weighted by Crippen LogP contribution is 2.24. The fourth-order valence-electron chi connectivity index (χ4n) is 2.08. The lowest BCUT2D eigenvalue weighted by Crippen LogP contribution is -2.35. The first-order chi connectivity index (χ1) is 8.58. The van der Waals surface area contributed by atoms with Gasteiger partial charge in [0.25, 0.3) is 0 Å². The topological polar surface area (TPSA) is 45.6 Å². The smallest absolute Gasteiger partial charge is 0.169 e. The van der Waals surface area contributed by atoms with E-state index in [-0.39, 0.29) is 6.04 Å². The van der Waals surface area contributed by atoms with Crippen LogP contribution < -0.4 is 5.73 Å². The maximum Gasteiger partial charge on any atom is 0.169 e. The first-order valence-corrected chi connectivity index (χ1v) is 7.21. The molecule has 104 valence electrons. The van der Waals surface area contributed by atoms with Crippen LogP contribution in [0.25, 0.3) is 0 Å². The molecule has 1 rings (SSSR count). The third-order valence-corrected chi connectivity index (χ3v) is 3.47. The molecule has 0 radical (unpaired) electrons. The molecule has 1 atom stereocenters. The van der Waals surface area contributed by atoms with Crippen molar-refractivity contribution in [2.75, 3.05) is 40.3 Å². The van der Waals surface area contributed by atoms with Gasteiger partial charge in [-0.25, -0.2) is 0 Å². The number of hydrogen-bond donors (Lipinski definition) is 1. The summed E-state index contributed by atoms with van der Waals surface area (Å²) in [4.78, 5) is 4.57. The summed E-state index contributed by atoms with van der Waals surface area (Å²) in [6, 6.07) is 4.09. The average molecular weight is 318 g/mol. The lowest BCUT2D eigenvalue weighted by Gasteiger charge is -2.28. The van der Waals surface area contributed by atoms with Crippen molar-refractivity contribution in [3.63, 3.8) is 0 Å². The van der Waals surface area contributed by atoms with Crippen LogP contribution in [0.1, 0.15) is 25.1 Å². The van der Waals surface area contributed by atoms with Gasteiger partial charge in [-0.05, 0) is 61.7 Å². The zero-order chi connectivity index (χ0) is 13.5. The van der Waals surface area contributed by atoms with Crippen LogP contribution in [0.5, 0.6) is 0 Å². The Hall–Kier alpha value is -0.360. The van der Waals surface area contributed by atoms with Gasteiger partial charge in [0.05, 0.1) is 6.04 Å². The molecule has 0 amide bonds. The zero-order valence-corrected chi connectivity index (χ0v) is 13.1. The van der Waals surface area contributed by atoms with E-state index < -0.39 is 0 Å². The molecule has 0 spiro atoms. The fourth-order valence-corrected chi connectivity index (χ4v) is 2.40. The average Bonchev–Trinajstić information content (AvgIpc) is 2.74. The Bertz CT molecular complexity index is 341. The summed E-state index contributed by atoms with van der Waals surface area (Å²) in [6.07, 6.45) is 1.14. The van der Waals surface area contributed by atoms with Crippen LogP contribution in [0.15, 0.2) is 21.2 Å². The molecule has 0 aliphatic carbocycles. The summed E-state index contributed by atoms with van der Waals surface area (Å²) in [6.45, 7) is 5.85. The second-order valence-electron chi connectivity index (χ2n) is 4.68. The number of nitrogens with two attached hydrogens (primary N) is 1.